The van der Waals surface area contributed by atoms with Crippen molar-refractivity contribution in [3.8, 4) is 5.75 Å². The number of halogens is 1. The summed E-state index contributed by atoms with van der Waals surface area (Å²) >= 11 is 5.98. The number of amides is 2. The summed E-state index contributed by atoms with van der Waals surface area (Å²) in [6.45, 7) is 8.34. The van der Waals surface area contributed by atoms with Crippen LogP contribution < -0.4 is 10.1 Å². The highest BCUT2D eigenvalue weighted by Gasteiger charge is 2.28. The van der Waals surface area contributed by atoms with Gasteiger partial charge in [-0.05, 0) is 41.2 Å². The summed E-state index contributed by atoms with van der Waals surface area (Å²) in [5.74, 6) is 0.233. The Labute approximate surface area is 184 Å². The molecule has 30 heavy (non-hydrogen) atoms. The van der Waals surface area contributed by atoms with Gasteiger partial charge < -0.3 is 15.0 Å². The molecule has 0 saturated carbocycles. The summed E-state index contributed by atoms with van der Waals surface area (Å²) in [4.78, 5) is 27.2. The van der Waals surface area contributed by atoms with Crippen LogP contribution in [-0.4, -0.2) is 36.4 Å². The first-order valence-electron chi connectivity index (χ1n) is 10.1. The van der Waals surface area contributed by atoms with Crippen molar-refractivity contribution in [1.82, 2.24) is 10.2 Å². The molecule has 0 heterocycles. The number of carbonyl (C=O) groups excluding carboxylic acids is 2. The average molecular weight is 431 g/mol. The van der Waals surface area contributed by atoms with Crippen LogP contribution in [0.4, 0.5) is 0 Å². The smallest absolute Gasteiger partial charge is 0.261 e. The first-order chi connectivity index (χ1) is 14.2. The zero-order valence-electron chi connectivity index (χ0n) is 18.4. The molecule has 1 atom stereocenters. The van der Waals surface area contributed by atoms with E-state index in [2.05, 4.69) is 26.1 Å². The lowest BCUT2D eigenvalue weighted by atomic mass is 9.86. The van der Waals surface area contributed by atoms with Crippen LogP contribution in [-0.2, 0) is 21.5 Å². The van der Waals surface area contributed by atoms with E-state index in [0.717, 1.165) is 11.1 Å². The molecule has 0 saturated heterocycles. The molecular weight excluding hydrogens is 400 g/mol. The van der Waals surface area contributed by atoms with Gasteiger partial charge in [0.2, 0.25) is 5.91 Å². The minimum absolute atomic E-state index is 0.114. The van der Waals surface area contributed by atoms with Crippen LogP contribution in [0.1, 0.15) is 45.2 Å². The molecule has 0 spiro atoms. The highest BCUT2D eigenvalue weighted by molar-refractivity contribution is 6.30. The van der Waals surface area contributed by atoms with Crippen LogP contribution in [0, 0.1) is 0 Å². The first kappa shape index (κ1) is 23.7. The number of rotatable bonds is 8. The van der Waals surface area contributed by atoms with Crippen LogP contribution >= 0.6 is 11.6 Å². The van der Waals surface area contributed by atoms with Crippen molar-refractivity contribution in [2.24, 2.45) is 0 Å². The molecule has 0 fully saturated rings. The Morgan fingerprint density at radius 2 is 1.73 bits per heavy atom. The summed E-state index contributed by atoms with van der Waals surface area (Å²) < 4.78 is 5.93. The van der Waals surface area contributed by atoms with Crippen molar-refractivity contribution in [2.45, 2.75) is 52.1 Å². The maximum atomic E-state index is 13.2. The van der Waals surface area contributed by atoms with E-state index in [1.54, 1.807) is 24.1 Å². The van der Waals surface area contributed by atoms with Crippen LogP contribution in [0.3, 0.4) is 0 Å². The Morgan fingerprint density at radius 1 is 1.10 bits per heavy atom. The van der Waals surface area contributed by atoms with E-state index in [9.17, 15) is 9.59 Å². The quantitative estimate of drug-likeness (QED) is 0.667. The van der Waals surface area contributed by atoms with E-state index < -0.39 is 6.04 Å². The number of nitrogens with zero attached hydrogens (tertiary/aromatic N) is 1. The van der Waals surface area contributed by atoms with E-state index >= 15 is 0 Å². The molecule has 2 amide bonds. The van der Waals surface area contributed by atoms with E-state index in [0.29, 0.717) is 23.7 Å². The molecule has 0 aromatic heterocycles. The largest absolute Gasteiger partial charge is 0.483 e. The van der Waals surface area contributed by atoms with Gasteiger partial charge >= 0.3 is 0 Å². The van der Waals surface area contributed by atoms with Gasteiger partial charge in [0.1, 0.15) is 11.8 Å². The molecule has 6 heteroatoms. The lowest BCUT2D eigenvalue weighted by Crippen LogP contribution is -2.49. The molecule has 0 bridgehead atoms. The van der Waals surface area contributed by atoms with Gasteiger partial charge in [0, 0.05) is 18.6 Å². The van der Waals surface area contributed by atoms with Crippen LogP contribution in [0.15, 0.2) is 48.5 Å². The second kappa shape index (κ2) is 10.5. The first-order valence-corrected chi connectivity index (χ1v) is 10.5. The highest BCUT2D eigenvalue weighted by Crippen LogP contribution is 2.31. The molecule has 2 aromatic rings. The Kier molecular flexibility index (Phi) is 8.30. The normalized spacial score (nSPS) is 12.2. The fourth-order valence-corrected chi connectivity index (χ4v) is 3.43. The van der Waals surface area contributed by atoms with Gasteiger partial charge in [-0.1, -0.05) is 69.6 Å². The molecule has 1 N–H and O–H groups in total. The Morgan fingerprint density at radius 3 is 2.30 bits per heavy atom. The summed E-state index contributed by atoms with van der Waals surface area (Å²) in [5.41, 5.74) is 1.81. The van der Waals surface area contributed by atoms with Crippen molar-refractivity contribution in [1.29, 1.82) is 0 Å². The summed E-state index contributed by atoms with van der Waals surface area (Å²) in [6.07, 6.45) is 0.498. The summed E-state index contributed by atoms with van der Waals surface area (Å²) in [7, 11) is 1.58. The van der Waals surface area contributed by atoms with Crippen molar-refractivity contribution in [3.05, 3.63) is 64.7 Å². The summed E-state index contributed by atoms with van der Waals surface area (Å²) in [5, 5.41) is 3.28. The number of ether oxygens (including phenoxy) is 1. The predicted octanol–water partition coefficient (Wildman–Crippen LogP) is 4.57. The topological polar surface area (TPSA) is 58.6 Å². The number of carbonyl (C=O) groups is 2. The number of hydrogen-bond donors (Lipinski definition) is 1. The lowest BCUT2D eigenvalue weighted by Gasteiger charge is -2.30. The molecular formula is C24H31ClN2O3. The number of likely N-dealkylation sites (N-methyl/N-ethyl adjacent to an activating group) is 1. The van der Waals surface area contributed by atoms with Crippen molar-refractivity contribution < 1.29 is 14.3 Å². The third-order valence-corrected chi connectivity index (χ3v) is 5.20. The molecule has 0 aliphatic heterocycles. The van der Waals surface area contributed by atoms with Crippen molar-refractivity contribution in [3.63, 3.8) is 0 Å². The van der Waals surface area contributed by atoms with Crippen molar-refractivity contribution >= 4 is 23.4 Å². The average Bonchev–Trinajstić information content (AvgIpc) is 2.72. The van der Waals surface area contributed by atoms with Crippen LogP contribution in [0.5, 0.6) is 5.75 Å². The number of hydrogen-bond acceptors (Lipinski definition) is 3. The van der Waals surface area contributed by atoms with E-state index in [1.807, 2.05) is 43.3 Å². The Bertz CT molecular complexity index is 859. The fraction of sp³-hybridized carbons (Fsp3) is 0.417. The zero-order valence-corrected chi connectivity index (χ0v) is 19.1. The molecule has 0 aliphatic carbocycles. The van der Waals surface area contributed by atoms with Crippen LogP contribution in [0.2, 0.25) is 5.02 Å². The van der Waals surface area contributed by atoms with Gasteiger partial charge in [0.05, 0.1) is 0 Å². The molecule has 162 valence electrons. The standard InChI is InChI=1S/C24H31ClN2O3/c1-6-20(23(29)26-5)27(15-17-11-13-18(25)14-12-17)22(28)16-30-21-10-8-7-9-19(21)24(2,3)4/h7-14,20H,6,15-16H2,1-5H3,(H,26,29). The molecule has 5 nitrogen and oxygen atoms in total. The molecule has 1 unspecified atom stereocenters. The maximum Gasteiger partial charge on any atom is 0.261 e. The van der Waals surface area contributed by atoms with E-state index in [1.165, 1.54) is 0 Å². The van der Waals surface area contributed by atoms with E-state index in [-0.39, 0.29) is 23.8 Å². The SMILES string of the molecule is CCC(C(=O)NC)N(Cc1ccc(Cl)cc1)C(=O)COc1ccccc1C(C)(C)C. The van der Waals surface area contributed by atoms with Gasteiger partial charge in [-0.15, -0.1) is 0 Å². The van der Waals surface area contributed by atoms with E-state index in [4.69, 9.17) is 16.3 Å². The predicted molar refractivity (Wildman–Crippen MR) is 121 cm³/mol. The number of para-hydroxylation sites is 1. The second-order valence-corrected chi connectivity index (χ2v) is 8.66. The minimum Gasteiger partial charge on any atom is -0.483 e. The van der Waals surface area contributed by atoms with Gasteiger partial charge in [-0.3, -0.25) is 9.59 Å². The third-order valence-electron chi connectivity index (χ3n) is 4.94. The number of nitrogens with one attached hydrogen (secondary N) is 1. The number of benzene rings is 2. The van der Waals surface area contributed by atoms with Crippen molar-refractivity contribution in [2.75, 3.05) is 13.7 Å². The maximum absolute atomic E-state index is 13.2. The zero-order chi connectivity index (χ0) is 22.3. The van der Waals surface area contributed by atoms with Gasteiger partial charge in [-0.25, -0.2) is 0 Å². The lowest BCUT2D eigenvalue weighted by molar-refractivity contribution is -0.142. The Balaban J connectivity index is 2.24. The highest BCUT2D eigenvalue weighted by atomic mass is 35.5. The summed E-state index contributed by atoms with van der Waals surface area (Å²) in [6, 6.07) is 14.4. The third kappa shape index (κ3) is 6.23. The monoisotopic (exact) mass is 430 g/mol. The molecule has 0 aliphatic rings. The van der Waals surface area contributed by atoms with Gasteiger partial charge in [0.25, 0.3) is 5.91 Å². The van der Waals surface area contributed by atoms with Gasteiger partial charge in [0.15, 0.2) is 6.61 Å². The van der Waals surface area contributed by atoms with Crippen LogP contribution in [0.25, 0.3) is 0 Å². The molecule has 0 radical (unpaired) electrons. The fourth-order valence-electron chi connectivity index (χ4n) is 3.31. The van der Waals surface area contributed by atoms with Gasteiger partial charge in [-0.2, -0.15) is 0 Å². The molecule has 2 rings (SSSR count). The minimum atomic E-state index is -0.584. The second-order valence-electron chi connectivity index (χ2n) is 8.22. The Hall–Kier alpha value is -2.53. The molecule has 2 aromatic carbocycles.